The third-order valence-corrected chi connectivity index (χ3v) is 0.836. The minimum absolute atomic E-state index is 0.104. The number of allylic oxidation sites excluding steroid dienone is 2. The first-order chi connectivity index (χ1) is 4.16. The van der Waals surface area contributed by atoms with Crippen molar-refractivity contribution in [2.75, 3.05) is 0 Å². The zero-order valence-electron chi connectivity index (χ0n) is 5.13. The van der Waals surface area contributed by atoms with Crippen LogP contribution in [0.3, 0.4) is 0 Å². The lowest BCUT2D eigenvalue weighted by atomic mass is 10.3. The van der Waals surface area contributed by atoms with Gasteiger partial charge < -0.3 is 0 Å². The maximum Gasteiger partial charge on any atom is 0.193 e. The highest BCUT2D eigenvalue weighted by Crippen LogP contribution is 1.90. The molecule has 0 amide bonds. The van der Waals surface area contributed by atoms with Crippen LogP contribution in [-0.4, -0.2) is 10.9 Å². The van der Waals surface area contributed by atoms with Crippen molar-refractivity contribution in [3.8, 4) is 0 Å². The maximum absolute atomic E-state index is 10.5. The highest BCUT2D eigenvalue weighted by Gasteiger charge is 1.99. The molecular weight excluding hydrogens is 136 g/mol. The minimum Gasteiger partial charge on any atom is -0.294 e. The molecule has 0 aromatic carbocycles. The second kappa shape index (κ2) is 4.32. The second-order valence-electron chi connectivity index (χ2n) is 1.54. The topological polar surface area (TPSA) is 34.1 Å². The highest BCUT2D eigenvalue weighted by atomic mass is 32.1. The Kier molecular flexibility index (Phi) is 4.05. The molecule has 0 unspecified atom stereocenters. The normalized spacial score (nSPS) is 10.0. The van der Waals surface area contributed by atoms with Crippen molar-refractivity contribution in [2.24, 2.45) is 0 Å². The van der Waals surface area contributed by atoms with Crippen LogP contribution >= 0.6 is 12.6 Å². The van der Waals surface area contributed by atoms with E-state index in [0.717, 1.165) is 0 Å². The Morgan fingerprint density at radius 1 is 1.56 bits per heavy atom. The van der Waals surface area contributed by atoms with Crippen LogP contribution in [0.25, 0.3) is 0 Å². The molecule has 0 aliphatic rings. The standard InChI is InChI=1S/C6H8O2S/c1-2-3-5(7)4-6(8)9/h2-3H,4H2,1H3,(H,8,9)/b3-2+. The zero-order chi connectivity index (χ0) is 7.28. The Bertz CT molecular complexity index is 149. The molecule has 0 saturated carbocycles. The molecule has 0 fully saturated rings. The van der Waals surface area contributed by atoms with Gasteiger partial charge in [-0.3, -0.25) is 9.59 Å². The molecule has 0 rings (SSSR count). The first-order valence-electron chi connectivity index (χ1n) is 2.54. The van der Waals surface area contributed by atoms with Crippen LogP contribution in [0.1, 0.15) is 13.3 Å². The van der Waals surface area contributed by atoms with Gasteiger partial charge in [0.1, 0.15) is 0 Å². The molecule has 0 aromatic rings. The largest absolute Gasteiger partial charge is 0.294 e. The molecule has 0 aromatic heterocycles. The van der Waals surface area contributed by atoms with E-state index in [2.05, 4.69) is 12.6 Å². The average molecular weight is 144 g/mol. The molecule has 0 bridgehead atoms. The number of carbonyl (C=O) groups is 2. The summed E-state index contributed by atoms with van der Waals surface area (Å²) in [6.07, 6.45) is 2.85. The average Bonchev–Trinajstić information content (AvgIpc) is 1.63. The molecular formula is C6H8O2S. The Labute approximate surface area is 59.4 Å². The van der Waals surface area contributed by atoms with Gasteiger partial charge in [-0.25, -0.2) is 0 Å². The summed E-state index contributed by atoms with van der Waals surface area (Å²) < 4.78 is 0. The fourth-order valence-corrected chi connectivity index (χ4v) is 0.550. The second-order valence-corrected chi connectivity index (χ2v) is 2.04. The molecule has 0 spiro atoms. The van der Waals surface area contributed by atoms with Gasteiger partial charge in [0.25, 0.3) is 0 Å². The van der Waals surface area contributed by atoms with E-state index in [1.54, 1.807) is 13.0 Å². The number of hydrogen-bond donors (Lipinski definition) is 1. The lowest BCUT2D eigenvalue weighted by molar-refractivity contribution is -0.120. The molecule has 0 aliphatic heterocycles. The van der Waals surface area contributed by atoms with Crippen molar-refractivity contribution in [3.63, 3.8) is 0 Å². The molecule has 3 heteroatoms. The minimum atomic E-state index is -0.391. The van der Waals surface area contributed by atoms with Gasteiger partial charge in [0.2, 0.25) is 0 Å². The Balaban J connectivity index is 3.64. The van der Waals surface area contributed by atoms with E-state index in [9.17, 15) is 9.59 Å². The van der Waals surface area contributed by atoms with Gasteiger partial charge in [0.05, 0.1) is 6.42 Å². The fraction of sp³-hybridized carbons (Fsp3) is 0.333. The molecule has 2 nitrogen and oxygen atoms in total. The summed E-state index contributed by atoms with van der Waals surface area (Å²) in [5, 5.41) is -0.391. The van der Waals surface area contributed by atoms with E-state index in [0.29, 0.717) is 0 Å². The fourth-order valence-electron chi connectivity index (χ4n) is 0.394. The van der Waals surface area contributed by atoms with Crippen molar-refractivity contribution in [3.05, 3.63) is 12.2 Å². The molecule has 0 atom stereocenters. The molecule has 0 radical (unpaired) electrons. The predicted octanol–water partition coefficient (Wildman–Crippen LogP) is 0.978. The summed E-state index contributed by atoms with van der Waals surface area (Å²) >= 11 is 3.44. The Morgan fingerprint density at radius 2 is 2.11 bits per heavy atom. The predicted molar refractivity (Wildman–Crippen MR) is 38.4 cm³/mol. The van der Waals surface area contributed by atoms with Crippen molar-refractivity contribution in [1.29, 1.82) is 0 Å². The summed E-state index contributed by atoms with van der Waals surface area (Å²) in [6, 6.07) is 0. The number of carbonyl (C=O) groups excluding carboxylic acids is 2. The van der Waals surface area contributed by atoms with Crippen LogP contribution in [0.5, 0.6) is 0 Å². The van der Waals surface area contributed by atoms with Crippen LogP contribution < -0.4 is 0 Å². The molecule has 0 aliphatic carbocycles. The van der Waals surface area contributed by atoms with E-state index >= 15 is 0 Å². The number of thiol groups is 1. The van der Waals surface area contributed by atoms with E-state index in [1.807, 2.05) is 0 Å². The summed E-state index contributed by atoms with van der Waals surface area (Å²) in [5.74, 6) is -0.197. The van der Waals surface area contributed by atoms with E-state index in [4.69, 9.17) is 0 Å². The summed E-state index contributed by atoms with van der Waals surface area (Å²) in [6.45, 7) is 1.72. The molecule has 0 saturated heterocycles. The Hall–Kier alpha value is -0.570. The van der Waals surface area contributed by atoms with Gasteiger partial charge >= 0.3 is 0 Å². The lowest BCUT2D eigenvalue weighted by Gasteiger charge is -1.84. The van der Waals surface area contributed by atoms with Crippen LogP contribution in [-0.2, 0) is 9.59 Å². The van der Waals surface area contributed by atoms with Gasteiger partial charge in [-0.05, 0) is 13.0 Å². The van der Waals surface area contributed by atoms with Crippen LogP contribution in [0.4, 0.5) is 0 Å². The van der Waals surface area contributed by atoms with Gasteiger partial charge in [-0.2, -0.15) is 0 Å². The first-order valence-corrected chi connectivity index (χ1v) is 2.99. The van der Waals surface area contributed by atoms with Crippen LogP contribution in [0.15, 0.2) is 12.2 Å². The molecule has 0 N–H and O–H groups in total. The van der Waals surface area contributed by atoms with Crippen molar-refractivity contribution < 1.29 is 9.59 Å². The van der Waals surface area contributed by atoms with E-state index in [-0.39, 0.29) is 12.2 Å². The molecule has 9 heavy (non-hydrogen) atoms. The molecule has 0 heterocycles. The monoisotopic (exact) mass is 144 g/mol. The lowest BCUT2D eigenvalue weighted by Crippen LogP contribution is -1.97. The summed E-state index contributed by atoms with van der Waals surface area (Å²) in [5.41, 5.74) is 0. The van der Waals surface area contributed by atoms with Crippen LogP contribution in [0.2, 0.25) is 0 Å². The molecule has 50 valence electrons. The van der Waals surface area contributed by atoms with Crippen molar-refractivity contribution in [2.45, 2.75) is 13.3 Å². The van der Waals surface area contributed by atoms with E-state index in [1.165, 1.54) is 6.08 Å². The van der Waals surface area contributed by atoms with Gasteiger partial charge in [0, 0.05) is 0 Å². The van der Waals surface area contributed by atoms with E-state index < -0.39 is 5.12 Å². The number of rotatable bonds is 3. The smallest absolute Gasteiger partial charge is 0.193 e. The van der Waals surface area contributed by atoms with Crippen LogP contribution in [0, 0.1) is 0 Å². The van der Waals surface area contributed by atoms with Crippen molar-refractivity contribution in [1.82, 2.24) is 0 Å². The highest BCUT2D eigenvalue weighted by molar-refractivity contribution is 7.96. The maximum atomic E-state index is 10.5. The van der Waals surface area contributed by atoms with Gasteiger partial charge in [-0.15, -0.1) is 12.6 Å². The SMILES string of the molecule is C/C=C/C(=O)CC(=O)S. The van der Waals surface area contributed by atoms with Gasteiger partial charge in [-0.1, -0.05) is 6.08 Å². The Morgan fingerprint density at radius 3 is 2.44 bits per heavy atom. The summed E-state index contributed by atoms with van der Waals surface area (Å²) in [7, 11) is 0. The quantitative estimate of drug-likeness (QED) is 0.364. The van der Waals surface area contributed by atoms with Crippen molar-refractivity contribution >= 4 is 23.5 Å². The third kappa shape index (κ3) is 5.30. The number of hydrogen-bond acceptors (Lipinski definition) is 2. The first kappa shape index (κ1) is 8.43. The third-order valence-electron chi connectivity index (χ3n) is 0.678. The number of ketones is 1. The zero-order valence-corrected chi connectivity index (χ0v) is 6.02. The van der Waals surface area contributed by atoms with Gasteiger partial charge in [0.15, 0.2) is 10.9 Å². The summed E-state index contributed by atoms with van der Waals surface area (Å²) in [4.78, 5) is 20.6.